The summed E-state index contributed by atoms with van der Waals surface area (Å²) in [7, 11) is -3.61. The van der Waals surface area contributed by atoms with Crippen LogP contribution in [-0.4, -0.2) is 29.2 Å². The first kappa shape index (κ1) is 16.9. The van der Waals surface area contributed by atoms with Crippen molar-refractivity contribution >= 4 is 10.0 Å². The molecule has 5 nitrogen and oxygen atoms in total. The summed E-state index contributed by atoms with van der Waals surface area (Å²) in [5, 5.41) is 0. The molecular formula is C19H18FN3O2S. The molecule has 0 saturated carbocycles. The van der Waals surface area contributed by atoms with Crippen LogP contribution in [0, 0.1) is 5.82 Å². The lowest BCUT2D eigenvalue weighted by atomic mass is 10.1. The summed E-state index contributed by atoms with van der Waals surface area (Å²) in [5.41, 5.74) is 1.68. The quantitative estimate of drug-likeness (QED) is 0.760. The smallest absolute Gasteiger partial charge is 0.243 e. The Labute approximate surface area is 151 Å². The van der Waals surface area contributed by atoms with E-state index in [1.54, 1.807) is 48.8 Å². The molecule has 2 heterocycles. The Hall–Kier alpha value is -2.51. The number of hydrogen-bond acceptors (Lipinski definition) is 3. The molecular weight excluding hydrogens is 353 g/mol. The number of imidazole rings is 1. The van der Waals surface area contributed by atoms with E-state index < -0.39 is 10.0 Å². The SMILES string of the molecule is O=S(=O)(c1ccc(-c2ccc(F)cc2)cc1)N1CCC[C@H]1c1ncc[nH]1. The van der Waals surface area contributed by atoms with Gasteiger partial charge in [0.2, 0.25) is 10.0 Å². The molecule has 1 saturated heterocycles. The Morgan fingerprint density at radius 1 is 1.04 bits per heavy atom. The van der Waals surface area contributed by atoms with Crippen LogP contribution < -0.4 is 0 Å². The standard InChI is InChI=1S/C19H18FN3O2S/c20-16-7-3-14(4-8-16)15-5-9-17(10-6-15)26(24,25)23-13-1-2-18(23)19-21-11-12-22-19/h3-12,18H,1-2,13H2,(H,21,22)/t18-/m0/s1. The predicted molar refractivity (Wildman–Crippen MR) is 96.3 cm³/mol. The molecule has 4 rings (SSSR count). The number of rotatable bonds is 4. The van der Waals surface area contributed by atoms with Gasteiger partial charge in [-0.25, -0.2) is 17.8 Å². The minimum Gasteiger partial charge on any atom is -0.347 e. The van der Waals surface area contributed by atoms with Gasteiger partial charge in [-0.3, -0.25) is 0 Å². The van der Waals surface area contributed by atoms with Crippen LogP contribution in [0.2, 0.25) is 0 Å². The van der Waals surface area contributed by atoms with Crippen molar-refractivity contribution in [3.63, 3.8) is 0 Å². The molecule has 2 aromatic carbocycles. The van der Waals surface area contributed by atoms with Crippen molar-refractivity contribution in [2.75, 3.05) is 6.54 Å². The number of halogens is 1. The number of aromatic nitrogens is 2. The van der Waals surface area contributed by atoms with E-state index in [0.717, 1.165) is 24.0 Å². The van der Waals surface area contributed by atoms with Crippen LogP contribution in [0.4, 0.5) is 4.39 Å². The number of nitrogens with zero attached hydrogens (tertiary/aromatic N) is 2. The van der Waals surface area contributed by atoms with Crippen LogP contribution in [0.25, 0.3) is 11.1 Å². The Morgan fingerprint density at radius 2 is 1.69 bits per heavy atom. The predicted octanol–water partition coefficient (Wildman–Crippen LogP) is 3.74. The lowest BCUT2D eigenvalue weighted by molar-refractivity contribution is 0.385. The fraction of sp³-hybridized carbons (Fsp3) is 0.211. The van der Waals surface area contributed by atoms with Crippen molar-refractivity contribution in [2.24, 2.45) is 0 Å². The van der Waals surface area contributed by atoms with E-state index in [-0.39, 0.29) is 16.8 Å². The van der Waals surface area contributed by atoms with E-state index in [2.05, 4.69) is 9.97 Å². The lowest BCUT2D eigenvalue weighted by Gasteiger charge is -2.22. The summed E-state index contributed by atoms with van der Waals surface area (Å²) in [4.78, 5) is 7.50. The van der Waals surface area contributed by atoms with Gasteiger partial charge in [-0.2, -0.15) is 4.31 Å². The third-order valence-corrected chi connectivity index (χ3v) is 6.60. The topological polar surface area (TPSA) is 66.1 Å². The third kappa shape index (κ3) is 3.04. The van der Waals surface area contributed by atoms with E-state index in [1.807, 2.05) is 0 Å². The molecule has 26 heavy (non-hydrogen) atoms. The molecule has 1 N–H and O–H groups in total. The number of aromatic amines is 1. The second-order valence-electron chi connectivity index (χ2n) is 6.28. The van der Waals surface area contributed by atoms with Crippen LogP contribution in [0.3, 0.4) is 0 Å². The zero-order chi connectivity index (χ0) is 18.1. The van der Waals surface area contributed by atoms with Crippen LogP contribution in [0.15, 0.2) is 65.8 Å². The second-order valence-corrected chi connectivity index (χ2v) is 8.17. The molecule has 1 aromatic heterocycles. The fourth-order valence-electron chi connectivity index (χ4n) is 3.36. The Morgan fingerprint density at radius 3 is 2.31 bits per heavy atom. The van der Waals surface area contributed by atoms with Gasteiger partial charge in [0.15, 0.2) is 0 Å². The molecule has 1 atom stereocenters. The number of benzene rings is 2. The Balaban J connectivity index is 1.62. The first-order valence-corrected chi connectivity index (χ1v) is 9.87. The van der Waals surface area contributed by atoms with Gasteiger partial charge in [-0.15, -0.1) is 0 Å². The van der Waals surface area contributed by atoms with Crippen LogP contribution in [0.1, 0.15) is 24.7 Å². The molecule has 0 bridgehead atoms. The van der Waals surface area contributed by atoms with Gasteiger partial charge in [0.25, 0.3) is 0 Å². The summed E-state index contributed by atoms with van der Waals surface area (Å²) >= 11 is 0. The summed E-state index contributed by atoms with van der Waals surface area (Å²) in [5.74, 6) is 0.375. The minimum absolute atomic E-state index is 0.252. The van der Waals surface area contributed by atoms with Crippen molar-refractivity contribution in [2.45, 2.75) is 23.8 Å². The summed E-state index contributed by atoms with van der Waals surface area (Å²) < 4.78 is 40.7. The van der Waals surface area contributed by atoms with Gasteiger partial charge < -0.3 is 4.98 Å². The number of H-pyrrole nitrogens is 1. The molecule has 1 fully saturated rings. The Bertz CT molecular complexity index is 984. The maximum atomic E-state index is 13.1. The van der Waals surface area contributed by atoms with Gasteiger partial charge >= 0.3 is 0 Å². The van der Waals surface area contributed by atoms with Gasteiger partial charge in [0.05, 0.1) is 10.9 Å². The van der Waals surface area contributed by atoms with Crippen LogP contribution >= 0.6 is 0 Å². The molecule has 0 amide bonds. The van der Waals surface area contributed by atoms with Crippen molar-refractivity contribution in [3.8, 4) is 11.1 Å². The van der Waals surface area contributed by atoms with Gasteiger partial charge in [0, 0.05) is 18.9 Å². The highest BCUT2D eigenvalue weighted by Crippen LogP contribution is 2.35. The van der Waals surface area contributed by atoms with Gasteiger partial charge in [-0.05, 0) is 48.2 Å². The maximum absolute atomic E-state index is 13.1. The van der Waals surface area contributed by atoms with Gasteiger partial charge in [0.1, 0.15) is 11.6 Å². The van der Waals surface area contributed by atoms with E-state index in [1.165, 1.54) is 16.4 Å². The largest absolute Gasteiger partial charge is 0.347 e. The molecule has 1 aliphatic heterocycles. The maximum Gasteiger partial charge on any atom is 0.243 e. The average Bonchev–Trinajstić information content (AvgIpc) is 3.34. The fourth-order valence-corrected chi connectivity index (χ4v) is 5.02. The average molecular weight is 371 g/mol. The lowest BCUT2D eigenvalue weighted by Crippen LogP contribution is -2.31. The van der Waals surface area contributed by atoms with E-state index in [9.17, 15) is 12.8 Å². The molecule has 0 spiro atoms. The highest BCUT2D eigenvalue weighted by Gasteiger charge is 2.37. The molecule has 1 aliphatic rings. The molecule has 0 aliphatic carbocycles. The molecule has 0 radical (unpaired) electrons. The molecule has 134 valence electrons. The number of sulfonamides is 1. The summed E-state index contributed by atoms with van der Waals surface area (Å²) in [6.45, 7) is 0.480. The monoisotopic (exact) mass is 371 g/mol. The first-order valence-electron chi connectivity index (χ1n) is 8.43. The van der Waals surface area contributed by atoms with Crippen molar-refractivity contribution in [1.82, 2.24) is 14.3 Å². The van der Waals surface area contributed by atoms with E-state index in [4.69, 9.17) is 0 Å². The summed E-state index contributed by atoms with van der Waals surface area (Å²) in [6, 6.07) is 12.6. The zero-order valence-corrected chi connectivity index (χ0v) is 14.8. The highest BCUT2D eigenvalue weighted by atomic mass is 32.2. The van der Waals surface area contributed by atoms with Crippen molar-refractivity contribution in [3.05, 3.63) is 72.6 Å². The van der Waals surface area contributed by atoms with Crippen molar-refractivity contribution in [1.29, 1.82) is 0 Å². The molecule has 0 unspecified atom stereocenters. The number of nitrogens with one attached hydrogen (secondary N) is 1. The normalized spacial score (nSPS) is 18.3. The van der Waals surface area contributed by atoms with Gasteiger partial charge in [-0.1, -0.05) is 24.3 Å². The minimum atomic E-state index is -3.61. The summed E-state index contributed by atoms with van der Waals surface area (Å²) in [6.07, 6.45) is 4.89. The third-order valence-electron chi connectivity index (χ3n) is 4.68. The van der Waals surface area contributed by atoms with Crippen molar-refractivity contribution < 1.29 is 12.8 Å². The number of hydrogen-bond donors (Lipinski definition) is 1. The first-order chi connectivity index (χ1) is 12.6. The molecule has 7 heteroatoms. The highest BCUT2D eigenvalue weighted by molar-refractivity contribution is 7.89. The van der Waals surface area contributed by atoms with E-state index >= 15 is 0 Å². The second kappa shape index (κ2) is 6.66. The zero-order valence-electron chi connectivity index (χ0n) is 14.0. The van der Waals surface area contributed by atoms with Crippen LogP contribution in [0.5, 0.6) is 0 Å². The van der Waals surface area contributed by atoms with Crippen LogP contribution in [-0.2, 0) is 10.0 Å². The van der Waals surface area contributed by atoms with E-state index in [0.29, 0.717) is 12.4 Å². The molecule has 3 aromatic rings. The Kier molecular flexibility index (Phi) is 4.34.